The van der Waals surface area contributed by atoms with Crippen LogP contribution in [-0.4, -0.2) is 49.9 Å². The standard InChI is InChI=1S/C11H21N3O2/c1-8(11(16)14(2)3)13-10(15)9-5-4-6-12-7-9/h8-9,12H,4-7H2,1-3H3,(H,13,15)/t8?,9-/m1/s1. The van der Waals surface area contributed by atoms with Crippen LogP contribution in [0.15, 0.2) is 0 Å². The van der Waals surface area contributed by atoms with Crippen LogP contribution in [0.5, 0.6) is 0 Å². The average Bonchev–Trinajstić information content (AvgIpc) is 2.28. The van der Waals surface area contributed by atoms with Gasteiger partial charge in [0.15, 0.2) is 0 Å². The molecule has 0 aromatic rings. The molecule has 1 rings (SSSR count). The Hall–Kier alpha value is -1.10. The number of rotatable bonds is 3. The molecule has 1 fully saturated rings. The first-order chi connectivity index (χ1) is 7.52. The number of nitrogens with zero attached hydrogens (tertiary/aromatic N) is 1. The lowest BCUT2D eigenvalue weighted by Crippen LogP contribution is -2.48. The van der Waals surface area contributed by atoms with Crippen molar-refractivity contribution in [1.82, 2.24) is 15.5 Å². The van der Waals surface area contributed by atoms with E-state index in [-0.39, 0.29) is 17.7 Å². The molecule has 0 spiro atoms. The largest absolute Gasteiger partial charge is 0.347 e. The summed E-state index contributed by atoms with van der Waals surface area (Å²) >= 11 is 0. The van der Waals surface area contributed by atoms with E-state index < -0.39 is 6.04 Å². The van der Waals surface area contributed by atoms with Gasteiger partial charge in [-0.15, -0.1) is 0 Å². The minimum absolute atomic E-state index is 0.00571. The third-order valence-electron chi connectivity index (χ3n) is 2.84. The summed E-state index contributed by atoms with van der Waals surface area (Å²) in [6.45, 7) is 3.42. The number of piperidine rings is 1. The Labute approximate surface area is 96.6 Å². The molecular formula is C11H21N3O2. The van der Waals surface area contributed by atoms with Gasteiger partial charge in [-0.2, -0.15) is 0 Å². The third kappa shape index (κ3) is 3.48. The second kappa shape index (κ2) is 5.84. The van der Waals surface area contributed by atoms with E-state index in [1.165, 1.54) is 4.90 Å². The summed E-state index contributed by atoms with van der Waals surface area (Å²) in [7, 11) is 3.38. The van der Waals surface area contributed by atoms with Gasteiger partial charge < -0.3 is 15.5 Å². The highest BCUT2D eigenvalue weighted by molar-refractivity contribution is 5.88. The number of nitrogens with one attached hydrogen (secondary N) is 2. The van der Waals surface area contributed by atoms with E-state index in [0.717, 1.165) is 19.4 Å². The average molecular weight is 227 g/mol. The highest BCUT2D eigenvalue weighted by Crippen LogP contribution is 2.10. The molecule has 1 heterocycles. The highest BCUT2D eigenvalue weighted by Gasteiger charge is 2.24. The summed E-state index contributed by atoms with van der Waals surface area (Å²) in [5, 5.41) is 5.95. The quantitative estimate of drug-likeness (QED) is 0.688. The maximum absolute atomic E-state index is 11.8. The van der Waals surface area contributed by atoms with Crippen molar-refractivity contribution in [2.75, 3.05) is 27.2 Å². The number of carbonyl (C=O) groups excluding carboxylic acids is 2. The molecule has 0 bridgehead atoms. The van der Waals surface area contributed by atoms with Crippen molar-refractivity contribution in [1.29, 1.82) is 0 Å². The maximum atomic E-state index is 11.8. The molecule has 0 aliphatic carbocycles. The first kappa shape index (κ1) is 13.0. The first-order valence-electron chi connectivity index (χ1n) is 5.74. The maximum Gasteiger partial charge on any atom is 0.244 e. The number of hydrogen-bond donors (Lipinski definition) is 2. The van der Waals surface area contributed by atoms with Crippen LogP contribution in [0.25, 0.3) is 0 Å². The monoisotopic (exact) mass is 227 g/mol. The van der Waals surface area contributed by atoms with Crippen molar-refractivity contribution in [3.63, 3.8) is 0 Å². The molecule has 92 valence electrons. The van der Waals surface area contributed by atoms with Gasteiger partial charge >= 0.3 is 0 Å². The molecule has 1 unspecified atom stereocenters. The van der Waals surface area contributed by atoms with E-state index in [1.807, 2.05) is 0 Å². The number of hydrogen-bond acceptors (Lipinski definition) is 3. The van der Waals surface area contributed by atoms with Crippen LogP contribution in [0.2, 0.25) is 0 Å². The topological polar surface area (TPSA) is 61.4 Å². The van der Waals surface area contributed by atoms with Crippen molar-refractivity contribution in [2.24, 2.45) is 5.92 Å². The lowest BCUT2D eigenvalue weighted by Gasteiger charge is -2.24. The zero-order chi connectivity index (χ0) is 12.1. The molecule has 0 aromatic carbocycles. The fourth-order valence-electron chi connectivity index (χ4n) is 1.86. The fraction of sp³-hybridized carbons (Fsp3) is 0.818. The lowest BCUT2D eigenvalue weighted by molar-refractivity contribution is -0.135. The van der Waals surface area contributed by atoms with Crippen molar-refractivity contribution in [2.45, 2.75) is 25.8 Å². The van der Waals surface area contributed by atoms with Gasteiger partial charge in [0.2, 0.25) is 11.8 Å². The van der Waals surface area contributed by atoms with Crippen LogP contribution in [0.4, 0.5) is 0 Å². The van der Waals surface area contributed by atoms with Gasteiger partial charge in [0, 0.05) is 20.6 Å². The van der Waals surface area contributed by atoms with Gasteiger partial charge in [-0.25, -0.2) is 0 Å². The van der Waals surface area contributed by atoms with Crippen LogP contribution >= 0.6 is 0 Å². The van der Waals surface area contributed by atoms with Crippen molar-refractivity contribution in [3.8, 4) is 0 Å². The van der Waals surface area contributed by atoms with Crippen LogP contribution in [-0.2, 0) is 9.59 Å². The number of likely N-dealkylation sites (N-methyl/N-ethyl adjacent to an activating group) is 1. The Kier molecular flexibility index (Phi) is 4.73. The zero-order valence-corrected chi connectivity index (χ0v) is 10.2. The zero-order valence-electron chi connectivity index (χ0n) is 10.2. The molecule has 2 amide bonds. The SMILES string of the molecule is CC(NC(=O)[C@@H]1CCCNC1)C(=O)N(C)C. The Bertz CT molecular complexity index is 260. The predicted molar refractivity (Wildman–Crippen MR) is 61.9 cm³/mol. The van der Waals surface area contributed by atoms with Gasteiger partial charge in [-0.1, -0.05) is 0 Å². The van der Waals surface area contributed by atoms with Gasteiger partial charge in [0.1, 0.15) is 6.04 Å². The summed E-state index contributed by atoms with van der Waals surface area (Å²) in [5.74, 6) is -0.0850. The second-order valence-electron chi connectivity index (χ2n) is 4.51. The molecule has 1 aliphatic rings. The summed E-state index contributed by atoms with van der Waals surface area (Å²) in [5.41, 5.74) is 0. The predicted octanol–water partition coefficient (Wildman–Crippen LogP) is -0.421. The van der Waals surface area contributed by atoms with E-state index in [2.05, 4.69) is 10.6 Å². The van der Waals surface area contributed by atoms with Crippen molar-refractivity contribution in [3.05, 3.63) is 0 Å². The molecule has 16 heavy (non-hydrogen) atoms. The Morgan fingerprint density at radius 1 is 1.44 bits per heavy atom. The minimum atomic E-state index is -0.440. The van der Waals surface area contributed by atoms with Gasteiger partial charge in [0.05, 0.1) is 5.92 Å². The molecule has 0 aromatic heterocycles. The highest BCUT2D eigenvalue weighted by atomic mass is 16.2. The Morgan fingerprint density at radius 2 is 2.12 bits per heavy atom. The Balaban J connectivity index is 2.40. The van der Waals surface area contributed by atoms with E-state index >= 15 is 0 Å². The van der Waals surface area contributed by atoms with Crippen LogP contribution in [0, 0.1) is 5.92 Å². The van der Waals surface area contributed by atoms with Gasteiger partial charge in [0.25, 0.3) is 0 Å². The third-order valence-corrected chi connectivity index (χ3v) is 2.84. The van der Waals surface area contributed by atoms with Gasteiger partial charge in [-0.05, 0) is 26.3 Å². The van der Waals surface area contributed by atoms with E-state index in [9.17, 15) is 9.59 Å². The van der Waals surface area contributed by atoms with E-state index in [1.54, 1.807) is 21.0 Å². The smallest absolute Gasteiger partial charge is 0.244 e. The van der Waals surface area contributed by atoms with Crippen LogP contribution in [0.1, 0.15) is 19.8 Å². The second-order valence-corrected chi connectivity index (χ2v) is 4.51. The molecule has 0 saturated carbocycles. The van der Waals surface area contributed by atoms with Crippen LogP contribution in [0.3, 0.4) is 0 Å². The van der Waals surface area contributed by atoms with E-state index in [0.29, 0.717) is 6.54 Å². The summed E-state index contributed by atoms with van der Waals surface area (Å²) in [6.07, 6.45) is 1.93. The summed E-state index contributed by atoms with van der Waals surface area (Å²) < 4.78 is 0. The minimum Gasteiger partial charge on any atom is -0.347 e. The molecule has 1 aliphatic heterocycles. The van der Waals surface area contributed by atoms with Crippen LogP contribution < -0.4 is 10.6 Å². The van der Waals surface area contributed by atoms with Crippen molar-refractivity contribution >= 4 is 11.8 Å². The lowest BCUT2D eigenvalue weighted by atomic mass is 9.98. The molecule has 5 heteroatoms. The number of amides is 2. The summed E-state index contributed by atoms with van der Waals surface area (Å²) in [4.78, 5) is 24.9. The first-order valence-corrected chi connectivity index (χ1v) is 5.74. The fourth-order valence-corrected chi connectivity index (χ4v) is 1.86. The summed E-state index contributed by atoms with van der Waals surface area (Å²) in [6, 6.07) is -0.440. The molecule has 2 atom stereocenters. The van der Waals surface area contributed by atoms with Gasteiger partial charge in [-0.3, -0.25) is 9.59 Å². The molecule has 2 N–H and O–H groups in total. The molecule has 5 nitrogen and oxygen atoms in total. The molecular weight excluding hydrogens is 206 g/mol. The normalized spacial score (nSPS) is 22.3. The molecule has 1 saturated heterocycles. The van der Waals surface area contributed by atoms with Crippen molar-refractivity contribution < 1.29 is 9.59 Å². The molecule has 0 radical (unpaired) electrons. The Morgan fingerprint density at radius 3 is 2.62 bits per heavy atom. The van der Waals surface area contributed by atoms with E-state index in [4.69, 9.17) is 0 Å². The number of carbonyl (C=O) groups is 2.